The van der Waals surface area contributed by atoms with Crippen LogP contribution in [0.25, 0.3) is 0 Å². The zero-order chi connectivity index (χ0) is 9.73. The van der Waals surface area contributed by atoms with E-state index in [4.69, 9.17) is 11.6 Å². The van der Waals surface area contributed by atoms with E-state index in [-0.39, 0.29) is 17.0 Å². The molecule has 0 spiro atoms. The zero-order valence-corrected chi connectivity index (χ0v) is 11.9. The Morgan fingerprint density at radius 1 is 1.14 bits per heavy atom. The second kappa shape index (κ2) is 7.08. The third-order valence-corrected chi connectivity index (χ3v) is 3.78. The largest absolute Gasteiger partial charge is 0.304 e. The fourth-order valence-electron chi connectivity index (χ4n) is 2.53. The van der Waals surface area contributed by atoms with Crippen molar-refractivity contribution in [3.8, 4) is 0 Å². The van der Waals surface area contributed by atoms with Gasteiger partial charge in [-0.15, -0.1) is 28.6 Å². The maximum absolute atomic E-state index is 5.77. The third-order valence-electron chi connectivity index (χ3n) is 3.51. The van der Waals surface area contributed by atoms with Crippen LogP contribution in [0.3, 0.4) is 0 Å². The highest BCUT2D eigenvalue weighted by atomic mass is 79.9. The van der Waals surface area contributed by atoms with E-state index in [0.29, 0.717) is 5.54 Å². The highest BCUT2D eigenvalue weighted by Crippen LogP contribution is 2.35. The maximum Gasteiger partial charge on any atom is 0.0224 e. The fraction of sp³-hybridized carbons (Fsp3) is 1.00. The lowest BCUT2D eigenvalue weighted by molar-refractivity contribution is 0.0898. The van der Waals surface area contributed by atoms with Gasteiger partial charge in [0, 0.05) is 11.4 Å². The van der Waals surface area contributed by atoms with E-state index in [0.717, 1.165) is 5.88 Å². The monoisotopic (exact) mass is 283 g/mol. The van der Waals surface area contributed by atoms with Gasteiger partial charge in [-0.05, 0) is 39.8 Å². The zero-order valence-electron chi connectivity index (χ0n) is 9.39. The SMILES string of the molecule is Br.CN(C)C1(CCCCl)CCCCC1. The van der Waals surface area contributed by atoms with E-state index < -0.39 is 0 Å². The van der Waals surface area contributed by atoms with Crippen LogP contribution in [-0.2, 0) is 0 Å². The number of alkyl halides is 1. The summed E-state index contributed by atoms with van der Waals surface area (Å²) in [4.78, 5) is 2.43. The second-order valence-electron chi connectivity index (χ2n) is 4.47. The standard InChI is InChI=1S/C11H22ClN.BrH/c1-13(2)11(9-6-10-12)7-4-3-5-8-11;/h3-10H2,1-2H3;1H. The van der Waals surface area contributed by atoms with Gasteiger partial charge < -0.3 is 4.90 Å². The summed E-state index contributed by atoms with van der Waals surface area (Å²) < 4.78 is 0. The number of hydrogen-bond acceptors (Lipinski definition) is 1. The molecule has 1 rings (SSSR count). The van der Waals surface area contributed by atoms with Gasteiger partial charge in [-0.2, -0.15) is 0 Å². The topological polar surface area (TPSA) is 3.24 Å². The Bertz CT molecular complexity index is 144. The summed E-state index contributed by atoms with van der Waals surface area (Å²) in [6.07, 6.45) is 9.43. The lowest BCUT2D eigenvalue weighted by Crippen LogP contribution is -2.45. The Balaban J connectivity index is 0.00000169. The molecule has 1 nitrogen and oxygen atoms in total. The molecule has 0 aromatic carbocycles. The summed E-state index contributed by atoms with van der Waals surface area (Å²) in [5.74, 6) is 0.815. The summed E-state index contributed by atoms with van der Waals surface area (Å²) in [6.45, 7) is 0. The van der Waals surface area contributed by atoms with Crippen molar-refractivity contribution in [2.45, 2.75) is 50.5 Å². The highest BCUT2D eigenvalue weighted by Gasteiger charge is 2.33. The van der Waals surface area contributed by atoms with Gasteiger partial charge >= 0.3 is 0 Å². The first-order chi connectivity index (χ1) is 6.21. The van der Waals surface area contributed by atoms with Crippen LogP contribution in [-0.4, -0.2) is 30.4 Å². The molecule has 0 aliphatic heterocycles. The minimum absolute atomic E-state index is 0. The average molecular weight is 285 g/mol. The first kappa shape index (κ1) is 14.7. The van der Waals surface area contributed by atoms with Crippen molar-refractivity contribution in [3.63, 3.8) is 0 Å². The van der Waals surface area contributed by atoms with Crippen LogP contribution in [0.15, 0.2) is 0 Å². The van der Waals surface area contributed by atoms with Crippen LogP contribution in [0.2, 0.25) is 0 Å². The molecule has 0 N–H and O–H groups in total. The summed E-state index contributed by atoms with van der Waals surface area (Å²) in [5, 5.41) is 0. The van der Waals surface area contributed by atoms with Gasteiger partial charge in [0.1, 0.15) is 0 Å². The molecule has 1 aliphatic carbocycles. The fourth-order valence-corrected chi connectivity index (χ4v) is 2.66. The van der Waals surface area contributed by atoms with Crippen LogP contribution in [0.1, 0.15) is 44.9 Å². The first-order valence-corrected chi connectivity index (χ1v) is 5.98. The molecule has 0 radical (unpaired) electrons. The van der Waals surface area contributed by atoms with Crippen LogP contribution in [0.5, 0.6) is 0 Å². The van der Waals surface area contributed by atoms with E-state index in [2.05, 4.69) is 19.0 Å². The Hall–Kier alpha value is 0.730. The average Bonchev–Trinajstić information content (AvgIpc) is 2.16. The number of hydrogen-bond donors (Lipinski definition) is 0. The van der Waals surface area contributed by atoms with Gasteiger partial charge in [0.25, 0.3) is 0 Å². The Kier molecular flexibility index (Phi) is 7.45. The van der Waals surface area contributed by atoms with Gasteiger partial charge in [0.15, 0.2) is 0 Å². The first-order valence-electron chi connectivity index (χ1n) is 5.45. The molecule has 0 bridgehead atoms. The van der Waals surface area contributed by atoms with Gasteiger partial charge in [0.2, 0.25) is 0 Å². The predicted octanol–water partition coefficient (Wildman–Crippen LogP) is 3.85. The van der Waals surface area contributed by atoms with Crippen molar-refractivity contribution in [3.05, 3.63) is 0 Å². The van der Waals surface area contributed by atoms with Gasteiger partial charge in [-0.1, -0.05) is 19.3 Å². The van der Waals surface area contributed by atoms with Crippen LogP contribution in [0.4, 0.5) is 0 Å². The van der Waals surface area contributed by atoms with Crippen molar-refractivity contribution in [2.75, 3.05) is 20.0 Å². The minimum atomic E-state index is 0. The number of rotatable bonds is 4. The Morgan fingerprint density at radius 3 is 2.14 bits per heavy atom. The smallest absolute Gasteiger partial charge is 0.0224 e. The van der Waals surface area contributed by atoms with E-state index in [1.165, 1.54) is 44.9 Å². The molecule has 0 amide bonds. The summed E-state index contributed by atoms with van der Waals surface area (Å²) in [5.41, 5.74) is 0.479. The molecular formula is C11H23BrClN. The van der Waals surface area contributed by atoms with Crippen LogP contribution < -0.4 is 0 Å². The van der Waals surface area contributed by atoms with Crippen molar-refractivity contribution in [1.29, 1.82) is 0 Å². The van der Waals surface area contributed by atoms with Crippen molar-refractivity contribution < 1.29 is 0 Å². The molecule has 1 saturated carbocycles. The Morgan fingerprint density at radius 2 is 1.71 bits per heavy atom. The minimum Gasteiger partial charge on any atom is -0.304 e. The maximum atomic E-state index is 5.77. The molecule has 0 unspecified atom stereocenters. The highest BCUT2D eigenvalue weighted by molar-refractivity contribution is 8.93. The van der Waals surface area contributed by atoms with Crippen LogP contribution in [0, 0.1) is 0 Å². The molecule has 3 heteroatoms. The molecule has 14 heavy (non-hydrogen) atoms. The molecule has 1 fully saturated rings. The molecule has 0 saturated heterocycles. The van der Waals surface area contributed by atoms with E-state index >= 15 is 0 Å². The Labute approximate surface area is 104 Å². The molecule has 0 aromatic heterocycles. The molecule has 0 atom stereocenters. The molecule has 1 aliphatic rings. The van der Waals surface area contributed by atoms with Crippen molar-refractivity contribution >= 4 is 28.6 Å². The van der Waals surface area contributed by atoms with Gasteiger partial charge in [0.05, 0.1) is 0 Å². The number of halogens is 2. The van der Waals surface area contributed by atoms with Crippen LogP contribution >= 0.6 is 28.6 Å². The quantitative estimate of drug-likeness (QED) is 0.709. The molecule has 86 valence electrons. The van der Waals surface area contributed by atoms with Gasteiger partial charge in [-0.25, -0.2) is 0 Å². The normalized spacial score (nSPS) is 20.6. The summed E-state index contributed by atoms with van der Waals surface area (Å²) in [7, 11) is 4.44. The van der Waals surface area contributed by atoms with Crippen molar-refractivity contribution in [2.24, 2.45) is 0 Å². The lowest BCUT2D eigenvalue weighted by atomic mass is 9.78. The number of nitrogens with zero attached hydrogens (tertiary/aromatic N) is 1. The van der Waals surface area contributed by atoms with Crippen molar-refractivity contribution in [1.82, 2.24) is 4.90 Å². The molecule has 0 aromatic rings. The summed E-state index contributed by atoms with van der Waals surface area (Å²) >= 11 is 5.77. The predicted molar refractivity (Wildman–Crippen MR) is 69.8 cm³/mol. The molecular weight excluding hydrogens is 261 g/mol. The van der Waals surface area contributed by atoms with E-state index in [9.17, 15) is 0 Å². The third kappa shape index (κ3) is 3.71. The lowest BCUT2D eigenvalue weighted by Gasteiger charge is -2.43. The second-order valence-corrected chi connectivity index (χ2v) is 4.85. The summed E-state index contributed by atoms with van der Waals surface area (Å²) in [6, 6.07) is 0. The van der Waals surface area contributed by atoms with Gasteiger partial charge in [-0.3, -0.25) is 0 Å². The molecule has 0 heterocycles. The van der Waals surface area contributed by atoms with E-state index in [1.807, 2.05) is 0 Å². The van der Waals surface area contributed by atoms with E-state index in [1.54, 1.807) is 0 Å².